The van der Waals surface area contributed by atoms with E-state index in [1.165, 1.54) is 0 Å². The Labute approximate surface area is 184 Å². The SMILES string of the molecule is CCOCCCNC(=NCc1ccc(OC)cc1)NCC1CC(=O)Nc2ccccc21. The van der Waals surface area contributed by atoms with Crippen LogP contribution in [0.1, 0.15) is 36.8 Å². The standard InChI is InChI=1S/C24H32N4O3/c1-3-31-14-6-13-25-24(26-16-18-9-11-20(30-2)12-10-18)27-17-19-15-23(29)28-22-8-5-4-7-21(19)22/h4-5,7-12,19H,3,6,13-17H2,1-2H3,(H,28,29)(H2,25,26,27). The molecule has 7 heteroatoms. The molecule has 0 radical (unpaired) electrons. The van der Waals surface area contributed by atoms with Crippen molar-refractivity contribution in [3.63, 3.8) is 0 Å². The Morgan fingerprint density at radius 3 is 2.74 bits per heavy atom. The van der Waals surface area contributed by atoms with Crippen LogP contribution in [0.4, 0.5) is 5.69 Å². The van der Waals surface area contributed by atoms with Crippen LogP contribution >= 0.6 is 0 Å². The molecule has 1 atom stereocenters. The largest absolute Gasteiger partial charge is 0.497 e. The minimum absolute atomic E-state index is 0.0481. The van der Waals surface area contributed by atoms with Gasteiger partial charge in [0.05, 0.1) is 13.7 Å². The first-order valence-electron chi connectivity index (χ1n) is 10.8. The molecular weight excluding hydrogens is 392 g/mol. The van der Waals surface area contributed by atoms with Crippen molar-refractivity contribution in [3.8, 4) is 5.75 Å². The van der Waals surface area contributed by atoms with Crippen molar-refractivity contribution in [3.05, 3.63) is 59.7 Å². The maximum Gasteiger partial charge on any atom is 0.225 e. The zero-order valence-electron chi connectivity index (χ0n) is 18.3. The van der Waals surface area contributed by atoms with Crippen LogP contribution in [0.15, 0.2) is 53.5 Å². The van der Waals surface area contributed by atoms with Crippen LogP contribution in [0.2, 0.25) is 0 Å². The van der Waals surface area contributed by atoms with Gasteiger partial charge >= 0.3 is 0 Å². The summed E-state index contributed by atoms with van der Waals surface area (Å²) in [5.41, 5.74) is 3.14. The molecule has 3 N–H and O–H groups in total. The van der Waals surface area contributed by atoms with Crippen LogP contribution in [0.5, 0.6) is 5.75 Å². The summed E-state index contributed by atoms with van der Waals surface area (Å²) in [4.78, 5) is 16.8. The number of ether oxygens (including phenoxy) is 2. The number of carbonyl (C=O) groups is 1. The molecule has 0 spiro atoms. The minimum atomic E-state index is 0.0481. The summed E-state index contributed by atoms with van der Waals surface area (Å²) in [6, 6.07) is 15.9. The molecule has 166 valence electrons. The van der Waals surface area contributed by atoms with E-state index in [9.17, 15) is 4.79 Å². The summed E-state index contributed by atoms with van der Waals surface area (Å²) in [7, 11) is 1.66. The predicted molar refractivity (Wildman–Crippen MR) is 124 cm³/mol. The Morgan fingerprint density at radius 1 is 1.16 bits per heavy atom. The Kier molecular flexibility index (Phi) is 8.72. The van der Waals surface area contributed by atoms with Gasteiger partial charge in [0.1, 0.15) is 5.75 Å². The first-order chi connectivity index (χ1) is 15.2. The fourth-order valence-electron chi connectivity index (χ4n) is 3.50. The number of guanidine groups is 1. The summed E-state index contributed by atoms with van der Waals surface area (Å²) >= 11 is 0. The van der Waals surface area contributed by atoms with Gasteiger partial charge in [-0.15, -0.1) is 0 Å². The summed E-state index contributed by atoms with van der Waals surface area (Å²) in [6.07, 6.45) is 1.35. The fraction of sp³-hybridized carbons (Fsp3) is 0.417. The minimum Gasteiger partial charge on any atom is -0.497 e. The number of nitrogens with zero attached hydrogens (tertiary/aromatic N) is 1. The Morgan fingerprint density at radius 2 is 1.97 bits per heavy atom. The fourth-order valence-corrected chi connectivity index (χ4v) is 3.50. The molecular formula is C24H32N4O3. The van der Waals surface area contributed by atoms with Gasteiger partial charge in [-0.2, -0.15) is 0 Å². The number of aliphatic imine (C=N–C) groups is 1. The number of hydrogen-bond acceptors (Lipinski definition) is 4. The number of methoxy groups -OCH3 is 1. The van der Waals surface area contributed by atoms with Gasteiger partial charge in [0.15, 0.2) is 5.96 Å². The number of rotatable bonds is 10. The summed E-state index contributed by atoms with van der Waals surface area (Å²) < 4.78 is 10.6. The van der Waals surface area contributed by atoms with Gasteiger partial charge in [-0.25, -0.2) is 4.99 Å². The average Bonchev–Trinajstić information content (AvgIpc) is 2.80. The number of nitrogens with one attached hydrogen (secondary N) is 3. The smallest absolute Gasteiger partial charge is 0.225 e. The Bertz CT molecular complexity index is 867. The quantitative estimate of drug-likeness (QED) is 0.310. The predicted octanol–water partition coefficient (Wildman–Crippen LogP) is 3.28. The highest BCUT2D eigenvalue weighted by Gasteiger charge is 2.24. The van der Waals surface area contributed by atoms with Gasteiger partial charge in [0, 0.05) is 44.3 Å². The molecule has 1 unspecified atom stereocenters. The van der Waals surface area contributed by atoms with E-state index in [1.807, 2.05) is 49.4 Å². The molecule has 7 nitrogen and oxygen atoms in total. The molecule has 0 aromatic heterocycles. The van der Waals surface area contributed by atoms with Crippen LogP contribution in [0.25, 0.3) is 0 Å². The van der Waals surface area contributed by atoms with E-state index in [0.717, 1.165) is 48.1 Å². The number of amides is 1. The number of anilines is 1. The molecule has 0 aliphatic carbocycles. The van der Waals surface area contributed by atoms with Crippen LogP contribution < -0.4 is 20.7 Å². The first kappa shape index (κ1) is 22.6. The van der Waals surface area contributed by atoms with Crippen molar-refractivity contribution >= 4 is 17.6 Å². The second-order valence-electron chi connectivity index (χ2n) is 7.41. The summed E-state index contributed by atoms with van der Waals surface area (Å²) in [5, 5.41) is 9.76. The third kappa shape index (κ3) is 7.00. The summed E-state index contributed by atoms with van der Waals surface area (Å²) in [6.45, 7) is 5.37. The van der Waals surface area contributed by atoms with Crippen molar-refractivity contribution < 1.29 is 14.3 Å². The number of hydrogen-bond donors (Lipinski definition) is 3. The van der Waals surface area contributed by atoms with Crippen LogP contribution in [-0.4, -0.2) is 45.3 Å². The lowest BCUT2D eigenvalue weighted by atomic mass is 9.90. The van der Waals surface area contributed by atoms with Crippen molar-refractivity contribution in [2.75, 3.05) is 38.7 Å². The van der Waals surface area contributed by atoms with E-state index in [1.54, 1.807) is 7.11 Å². The lowest BCUT2D eigenvalue weighted by Gasteiger charge is -2.26. The molecule has 0 bridgehead atoms. The normalized spacial score (nSPS) is 15.7. The van der Waals surface area contributed by atoms with Gasteiger partial charge in [0.2, 0.25) is 5.91 Å². The van der Waals surface area contributed by atoms with E-state index in [4.69, 9.17) is 14.5 Å². The molecule has 1 amide bonds. The topological polar surface area (TPSA) is 84.0 Å². The monoisotopic (exact) mass is 424 g/mol. The number of benzene rings is 2. The van der Waals surface area contributed by atoms with Gasteiger partial charge in [-0.05, 0) is 42.7 Å². The van der Waals surface area contributed by atoms with E-state index < -0.39 is 0 Å². The van der Waals surface area contributed by atoms with Crippen molar-refractivity contribution in [1.82, 2.24) is 10.6 Å². The number of para-hydroxylation sites is 1. The second-order valence-corrected chi connectivity index (χ2v) is 7.41. The zero-order chi connectivity index (χ0) is 21.9. The highest BCUT2D eigenvalue weighted by Crippen LogP contribution is 2.31. The highest BCUT2D eigenvalue weighted by molar-refractivity contribution is 5.94. The number of fused-ring (bicyclic) bond motifs is 1. The third-order valence-corrected chi connectivity index (χ3v) is 5.16. The maximum atomic E-state index is 12.1. The summed E-state index contributed by atoms with van der Waals surface area (Å²) in [5.74, 6) is 1.71. The molecule has 1 heterocycles. The molecule has 1 aliphatic rings. The average molecular weight is 425 g/mol. The van der Waals surface area contributed by atoms with Crippen LogP contribution in [0, 0.1) is 0 Å². The third-order valence-electron chi connectivity index (χ3n) is 5.16. The molecule has 3 rings (SSSR count). The van der Waals surface area contributed by atoms with E-state index in [0.29, 0.717) is 26.1 Å². The molecule has 0 saturated heterocycles. The first-order valence-corrected chi connectivity index (χ1v) is 10.8. The molecule has 1 aliphatic heterocycles. The maximum absolute atomic E-state index is 12.1. The zero-order valence-corrected chi connectivity index (χ0v) is 18.3. The van der Waals surface area contributed by atoms with E-state index in [2.05, 4.69) is 22.0 Å². The van der Waals surface area contributed by atoms with Gasteiger partial charge in [0.25, 0.3) is 0 Å². The van der Waals surface area contributed by atoms with Crippen LogP contribution in [-0.2, 0) is 16.1 Å². The van der Waals surface area contributed by atoms with Gasteiger partial charge in [-0.1, -0.05) is 30.3 Å². The van der Waals surface area contributed by atoms with Crippen molar-refractivity contribution in [2.45, 2.75) is 32.2 Å². The van der Waals surface area contributed by atoms with Crippen LogP contribution in [0.3, 0.4) is 0 Å². The Balaban J connectivity index is 1.63. The van der Waals surface area contributed by atoms with E-state index >= 15 is 0 Å². The van der Waals surface area contributed by atoms with E-state index in [-0.39, 0.29) is 11.8 Å². The van der Waals surface area contributed by atoms with Gasteiger partial charge in [-0.3, -0.25) is 4.79 Å². The number of carbonyl (C=O) groups excluding carboxylic acids is 1. The second kappa shape index (κ2) is 12.0. The lowest BCUT2D eigenvalue weighted by molar-refractivity contribution is -0.116. The molecule has 0 saturated carbocycles. The van der Waals surface area contributed by atoms with Crippen molar-refractivity contribution in [1.29, 1.82) is 0 Å². The molecule has 2 aromatic rings. The molecule has 2 aromatic carbocycles. The highest BCUT2D eigenvalue weighted by atomic mass is 16.5. The van der Waals surface area contributed by atoms with Crippen molar-refractivity contribution in [2.24, 2.45) is 4.99 Å². The lowest BCUT2D eigenvalue weighted by Crippen LogP contribution is -2.41. The molecule has 31 heavy (non-hydrogen) atoms. The Hall–Kier alpha value is -3.06. The van der Waals surface area contributed by atoms with Gasteiger partial charge < -0.3 is 25.4 Å². The molecule has 0 fully saturated rings.